The number of anilines is 1. The molecule has 0 spiro atoms. The van der Waals surface area contributed by atoms with Gasteiger partial charge < -0.3 is 15.6 Å². The summed E-state index contributed by atoms with van der Waals surface area (Å²) in [6.07, 6.45) is 0. The molecule has 0 unspecified atom stereocenters. The second-order valence-corrected chi connectivity index (χ2v) is 4.25. The Bertz CT molecular complexity index is 599. The number of nitrogen functional groups attached to an aromatic ring is 1. The molecule has 3 N–H and O–H groups in total. The summed E-state index contributed by atoms with van der Waals surface area (Å²) in [5.41, 5.74) is 6.74. The van der Waals surface area contributed by atoms with Gasteiger partial charge in [0.15, 0.2) is 5.69 Å². The number of nitrogens with two attached hydrogens (primary N) is 1. The number of carbonyl (C=O) groups is 1. The van der Waals surface area contributed by atoms with Crippen LogP contribution < -0.4 is 10.5 Å². The van der Waals surface area contributed by atoms with Crippen LogP contribution in [0.1, 0.15) is 16.1 Å². The van der Waals surface area contributed by atoms with Crippen LogP contribution in [0.25, 0.3) is 0 Å². The van der Waals surface area contributed by atoms with E-state index in [1.165, 1.54) is 12.1 Å². The summed E-state index contributed by atoms with van der Waals surface area (Å²) in [6.45, 7) is 0.234. The quantitative estimate of drug-likeness (QED) is 0.898. The lowest BCUT2D eigenvalue weighted by molar-refractivity contribution is 0.0689. The number of benzene rings is 1. The van der Waals surface area contributed by atoms with Crippen LogP contribution in [0.4, 0.5) is 5.69 Å². The Hall–Kier alpha value is -2.27. The number of nitrogens with zero attached hydrogens (tertiary/aromatic N) is 1. The zero-order chi connectivity index (χ0) is 13.8. The molecule has 2 rings (SSSR count). The Morgan fingerprint density at radius 2 is 1.95 bits per heavy atom. The Labute approximate surface area is 114 Å². The lowest BCUT2D eigenvalue weighted by Gasteiger charge is -2.08. The van der Waals surface area contributed by atoms with Gasteiger partial charge in [-0.1, -0.05) is 23.7 Å². The van der Waals surface area contributed by atoms with Crippen molar-refractivity contribution in [2.75, 3.05) is 5.73 Å². The molecule has 0 bridgehead atoms. The van der Waals surface area contributed by atoms with Crippen molar-refractivity contribution in [1.82, 2.24) is 4.98 Å². The van der Waals surface area contributed by atoms with Gasteiger partial charge in [0, 0.05) is 5.02 Å². The number of ether oxygens (including phenoxy) is 1. The number of aromatic nitrogens is 1. The first-order chi connectivity index (χ1) is 9.06. The van der Waals surface area contributed by atoms with Gasteiger partial charge in [-0.2, -0.15) is 0 Å². The van der Waals surface area contributed by atoms with E-state index in [1.807, 2.05) is 0 Å². The molecule has 5 nitrogen and oxygen atoms in total. The van der Waals surface area contributed by atoms with Gasteiger partial charge in [0.25, 0.3) is 0 Å². The maximum Gasteiger partial charge on any atom is 0.354 e. The van der Waals surface area contributed by atoms with Crippen molar-refractivity contribution < 1.29 is 14.6 Å². The predicted octanol–water partition coefficient (Wildman–Crippen LogP) is 2.59. The molecule has 0 amide bonds. The summed E-state index contributed by atoms with van der Waals surface area (Å²) in [5, 5.41) is 9.48. The van der Waals surface area contributed by atoms with Crippen LogP contribution >= 0.6 is 11.6 Å². The van der Waals surface area contributed by atoms with Gasteiger partial charge in [-0.15, -0.1) is 0 Å². The number of carboxylic acids is 1. The topological polar surface area (TPSA) is 85.4 Å². The highest BCUT2D eigenvalue weighted by atomic mass is 35.5. The SMILES string of the molecule is Nc1ccc(C(=O)O)nc1OCc1ccc(Cl)cc1. The van der Waals surface area contributed by atoms with E-state index in [2.05, 4.69) is 4.98 Å². The number of aromatic carboxylic acids is 1. The summed E-state index contributed by atoms with van der Waals surface area (Å²) in [7, 11) is 0. The van der Waals surface area contributed by atoms with E-state index >= 15 is 0 Å². The molecule has 1 heterocycles. The van der Waals surface area contributed by atoms with Crippen molar-refractivity contribution in [3.8, 4) is 5.88 Å². The maximum absolute atomic E-state index is 10.8. The van der Waals surface area contributed by atoms with Crippen LogP contribution in [0.5, 0.6) is 5.88 Å². The van der Waals surface area contributed by atoms with Gasteiger partial charge in [-0.25, -0.2) is 9.78 Å². The van der Waals surface area contributed by atoms with Crippen LogP contribution in [0.15, 0.2) is 36.4 Å². The molecule has 0 fully saturated rings. The standard InChI is InChI=1S/C13H11ClN2O3/c14-9-3-1-8(2-4-9)7-19-12-10(15)5-6-11(16-12)13(17)18/h1-6H,7,15H2,(H,17,18). The Morgan fingerprint density at radius 3 is 2.58 bits per heavy atom. The van der Waals surface area contributed by atoms with Gasteiger partial charge in [0.1, 0.15) is 6.61 Å². The molecule has 0 aliphatic heterocycles. The van der Waals surface area contributed by atoms with Crippen molar-refractivity contribution in [2.45, 2.75) is 6.61 Å². The Balaban J connectivity index is 2.12. The highest BCUT2D eigenvalue weighted by molar-refractivity contribution is 6.30. The molecule has 0 aliphatic carbocycles. The molecular weight excluding hydrogens is 268 g/mol. The Kier molecular flexibility index (Phi) is 3.87. The molecular formula is C13H11ClN2O3. The molecule has 1 aromatic heterocycles. The average molecular weight is 279 g/mol. The summed E-state index contributed by atoms with van der Waals surface area (Å²) in [5.74, 6) is -1.02. The highest BCUT2D eigenvalue weighted by Crippen LogP contribution is 2.20. The number of halogens is 1. The highest BCUT2D eigenvalue weighted by Gasteiger charge is 2.09. The molecule has 0 saturated heterocycles. The number of pyridine rings is 1. The number of rotatable bonds is 4. The van der Waals surface area contributed by atoms with Gasteiger partial charge in [-0.05, 0) is 29.8 Å². The van der Waals surface area contributed by atoms with E-state index in [0.717, 1.165) is 5.56 Å². The van der Waals surface area contributed by atoms with E-state index in [9.17, 15) is 4.79 Å². The first-order valence-corrected chi connectivity index (χ1v) is 5.81. The first-order valence-electron chi connectivity index (χ1n) is 5.43. The third-order valence-electron chi connectivity index (χ3n) is 2.40. The van der Waals surface area contributed by atoms with Crippen molar-refractivity contribution >= 4 is 23.3 Å². The molecule has 0 aliphatic rings. The minimum Gasteiger partial charge on any atom is -0.477 e. The van der Waals surface area contributed by atoms with Crippen molar-refractivity contribution in [3.05, 3.63) is 52.7 Å². The number of hydrogen-bond donors (Lipinski definition) is 2. The summed E-state index contributed by atoms with van der Waals surface area (Å²) in [6, 6.07) is 9.87. The van der Waals surface area contributed by atoms with Gasteiger partial charge in [0.05, 0.1) is 5.69 Å². The zero-order valence-corrected chi connectivity index (χ0v) is 10.6. The molecule has 0 radical (unpaired) electrons. The van der Waals surface area contributed by atoms with E-state index < -0.39 is 5.97 Å². The van der Waals surface area contributed by atoms with Crippen molar-refractivity contribution in [2.24, 2.45) is 0 Å². The second kappa shape index (κ2) is 5.58. The molecule has 2 aromatic rings. The summed E-state index contributed by atoms with van der Waals surface area (Å²) in [4.78, 5) is 14.6. The van der Waals surface area contributed by atoms with Gasteiger partial charge >= 0.3 is 5.97 Å². The minimum absolute atomic E-state index is 0.106. The largest absolute Gasteiger partial charge is 0.477 e. The molecule has 0 saturated carbocycles. The zero-order valence-electron chi connectivity index (χ0n) is 9.84. The molecule has 6 heteroatoms. The molecule has 0 atom stereocenters. The smallest absolute Gasteiger partial charge is 0.354 e. The minimum atomic E-state index is -1.13. The van der Waals surface area contributed by atoms with E-state index in [-0.39, 0.29) is 18.2 Å². The van der Waals surface area contributed by atoms with Crippen molar-refractivity contribution in [1.29, 1.82) is 0 Å². The normalized spacial score (nSPS) is 10.2. The molecule has 1 aromatic carbocycles. The second-order valence-electron chi connectivity index (χ2n) is 3.81. The van der Waals surface area contributed by atoms with Gasteiger partial charge in [-0.3, -0.25) is 0 Å². The van der Waals surface area contributed by atoms with Gasteiger partial charge in [0.2, 0.25) is 5.88 Å². The summed E-state index contributed by atoms with van der Waals surface area (Å²) >= 11 is 5.77. The summed E-state index contributed by atoms with van der Waals surface area (Å²) < 4.78 is 5.41. The Morgan fingerprint density at radius 1 is 1.26 bits per heavy atom. The van der Waals surface area contributed by atoms with E-state index in [0.29, 0.717) is 10.7 Å². The lowest BCUT2D eigenvalue weighted by atomic mass is 10.2. The molecule has 98 valence electrons. The monoisotopic (exact) mass is 278 g/mol. The van der Waals surface area contributed by atoms with Crippen molar-refractivity contribution in [3.63, 3.8) is 0 Å². The van der Waals surface area contributed by atoms with Crippen LogP contribution in [0.3, 0.4) is 0 Å². The average Bonchev–Trinajstić information content (AvgIpc) is 2.39. The molecule has 19 heavy (non-hydrogen) atoms. The third kappa shape index (κ3) is 3.35. The van der Waals surface area contributed by atoms with E-state index in [1.54, 1.807) is 24.3 Å². The third-order valence-corrected chi connectivity index (χ3v) is 2.65. The fourth-order valence-electron chi connectivity index (χ4n) is 1.42. The van der Waals surface area contributed by atoms with Crippen LogP contribution in [-0.2, 0) is 6.61 Å². The fraction of sp³-hybridized carbons (Fsp3) is 0.0769. The lowest BCUT2D eigenvalue weighted by Crippen LogP contribution is -2.06. The van der Waals surface area contributed by atoms with Crippen LogP contribution in [0, 0.1) is 0 Å². The first kappa shape index (κ1) is 13.2. The fourth-order valence-corrected chi connectivity index (χ4v) is 1.54. The number of hydrogen-bond acceptors (Lipinski definition) is 4. The van der Waals surface area contributed by atoms with Crippen LogP contribution in [-0.4, -0.2) is 16.1 Å². The maximum atomic E-state index is 10.8. The number of carboxylic acid groups (broad SMARTS) is 1. The van der Waals surface area contributed by atoms with E-state index in [4.69, 9.17) is 27.2 Å². The predicted molar refractivity (Wildman–Crippen MR) is 71.4 cm³/mol. The van der Waals surface area contributed by atoms with Crippen LogP contribution in [0.2, 0.25) is 5.02 Å².